The summed E-state index contributed by atoms with van der Waals surface area (Å²) in [6.45, 7) is 4.51. The third-order valence-electron chi connectivity index (χ3n) is 1.86. The van der Waals surface area contributed by atoms with Crippen molar-refractivity contribution in [3.05, 3.63) is 11.6 Å². The maximum Gasteiger partial charge on any atom is 0.176 e. The van der Waals surface area contributed by atoms with Gasteiger partial charge in [0.1, 0.15) is 12.4 Å². The highest BCUT2D eigenvalue weighted by atomic mass is 16.5. The highest BCUT2D eigenvalue weighted by Gasteiger charge is 2.14. The second-order valence-corrected chi connectivity index (χ2v) is 3.34. The van der Waals surface area contributed by atoms with E-state index < -0.39 is 0 Å². The lowest BCUT2D eigenvalue weighted by molar-refractivity contribution is 0.178. The van der Waals surface area contributed by atoms with Crippen LogP contribution in [0, 0.1) is 5.92 Å². The van der Waals surface area contributed by atoms with Crippen molar-refractivity contribution in [1.82, 2.24) is 15.2 Å². The number of nitrogens with two attached hydrogens (primary N) is 1. The Morgan fingerprint density at radius 2 is 2.23 bits per heavy atom. The highest BCUT2D eigenvalue weighted by Crippen LogP contribution is 2.14. The first kappa shape index (κ1) is 10.1. The predicted octanol–water partition coefficient (Wildman–Crippen LogP) is 0.607. The minimum absolute atomic E-state index is 0.0851. The summed E-state index contributed by atoms with van der Waals surface area (Å²) in [7, 11) is 1.61. The summed E-state index contributed by atoms with van der Waals surface area (Å²) in [5, 5.41) is 6.77. The van der Waals surface area contributed by atoms with Crippen molar-refractivity contribution in [3.63, 3.8) is 0 Å². The Kier molecular flexibility index (Phi) is 3.39. The SMILES string of the molecule is COCc1n[nH]c([C@@H](N)C(C)C)n1. The summed E-state index contributed by atoms with van der Waals surface area (Å²) in [6.07, 6.45) is 0. The molecule has 0 aromatic carbocycles. The van der Waals surface area contributed by atoms with E-state index in [4.69, 9.17) is 10.5 Å². The van der Waals surface area contributed by atoms with Crippen LogP contribution in [-0.2, 0) is 11.3 Å². The molecule has 0 radical (unpaired) electrons. The molecule has 3 N–H and O–H groups in total. The molecule has 1 rings (SSSR count). The van der Waals surface area contributed by atoms with E-state index in [1.165, 1.54) is 0 Å². The summed E-state index contributed by atoms with van der Waals surface area (Å²) < 4.78 is 4.90. The summed E-state index contributed by atoms with van der Waals surface area (Å²) >= 11 is 0. The molecule has 0 aliphatic heterocycles. The molecule has 0 saturated heterocycles. The van der Waals surface area contributed by atoms with Crippen molar-refractivity contribution in [2.24, 2.45) is 11.7 Å². The number of hydrogen-bond acceptors (Lipinski definition) is 4. The van der Waals surface area contributed by atoms with E-state index in [9.17, 15) is 0 Å². The van der Waals surface area contributed by atoms with Gasteiger partial charge in [-0.15, -0.1) is 0 Å². The van der Waals surface area contributed by atoms with Crippen LogP contribution in [0.25, 0.3) is 0 Å². The van der Waals surface area contributed by atoms with E-state index in [0.717, 1.165) is 5.82 Å². The van der Waals surface area contributed by atoms with E-state index in [0.29, 0.717) is 18.3 Å². The first-order valence-corrected chi connectivity index (χ1v) is 4.30. The minimum atomic E-state index is -0.0851. The fourth-order valence-corrected chi connectivity index (χ4v) is 0.969. The number of nitrogens with zero attached hydrogens (tertiary/aromatic N) is 2. The third-order valence-corrected chi connectivity index (χ3v) is 1.86. The molecule has 5 heteroatoms. The van der Waals surface area contributed by atoms with Gasteiger partial charge in [0.2, 0.25) is 0 Å². The fourth-order valence-electron chi connectivity index (χ4n) is 0.969. The summed E-state index contributed by atoms with van der Waals surface area (Å²) in [4.78, 5) is 4.20. The first-order chi connectivity index (χ1) is 6.15. The second kappa shape index (κ2) is 4.34. The molecular weight excluding hydrogens is 168 g/mol. The third kappa shape index (κ3) is 2.50. The first-order valence-electron chi connectivity index (χ1n) is 4.30. The molecule has 0 saturated carbocycles. The molecule has 1 aromatic rings. The van der Waals surface area contributed by atoms with Crippen LogP contribution < -0.4 is 5.73 Å². The zero-order valence-corrected chi connectivity index (χ0v) is 8.24. The minimum Gasteiger partial charge on any atom is -0.377 e. The lowest BCUT2D eigenvalue weighted by Gasteiger charge is -2.10. The van der Waals surface area contributed by atoms with Crippen LogP contribution in [0.1, 0.15) is 31.5 Å². The number of hydrogen-bond donors (Lipinski definition) is 2. The standard InChI is InChI=1S/C8H16N4O/c1-5(2)7(9)8-10-6(4-13-3)11-12-8/h5,7H,4,9H2,1-3H3,(H,10,11,12)/t7-/m0/s1. The number of methoxy groups -OCH3 is 1. The van der Waals surface area contributed by atoms with Gasteiger partial charge in [0.25, 0.3) is 0 Å². The number of aromatic nitrogens is 3. The van der Waals surface area contributed by atoms with Gasteiger partial charge in [0.15, 0.2) is 5.82 Å². The Bertz CT molecular complexity index is 258. The van der Waals surface area contributed by atoms with Gasteiger partial charge in [-0.3, -0.25) is 5.10 Å². The molecule has 0 fully saturated rings. The number of H-pyrrole nitrogens is 1. The van der Waals surface area contributed by atoms with Crippen molar-refractivity contribution in [2.75, 3.05) is 7.11 Å². The summed E-state index contributed by atoms with van der Waals surface area (Å²) in [6, 6.07) is -0.0851. The summed E-state index contributed by atoms with van der Waals surface area (Å²) in [5.41, 5.74) is 5.87. The van der Waals surface area contributed by atoms with Crippen molar-refractivity contribution < 1.29 is 4.74 Å². The molecule has 0 bridgehead atoms. The Balaban J connectivity index is 2.67. The van der Waals surface area contributed by atoms with Gasteiger partial charge in [-0.1, -0.05) is 13.8 Å². The number of ether oxygens (including phenoxy) is 1. The Morgan fingerprint density at radius 1 is 1.54 bits per heavy atom. The molecule has 1 heterocycles. The number of rotatable bonds is 4. The van der Waals surface area contributed by atoms with Gasteiger partial charge in [-0.05, 0) is 5.92 Å². The zero-order chi connectivity index (χ0) is 9.84. The molecule has 74 valence electrons. The average Bonchev–Trinajstić information content (AvgIpc) is 2.52. The maximum absolute atomic E-state index is 5.87. The van der Waals surface area contributed by atoms with Crippen LogP contribution in [0.15, 0.2) is 0 Å². The van der Waals surface area contributed by atoms with E-state index >= 15 is 0 Å². The molecule has 5 nitrogen and oxygen atoms in total. The van der Waals surface area contributed by atoms with E-state index in [2.05, 4.69) is 15.2 Å². The molecule has 0 aliphatic rings. The van der Waals surface area contributed by atoms with E-state index in [1.807, 2.05) is 13.8 Å². The van der Waals surface area contributed by atoms with Gasteiger partial charge in [0.05, 0.1) is 6.04 Å². The van der Waals surface area contributed by atoms with Gasteiger partial charge in [-0.25, -0.2) is 4.98 Å². The smallest absolute Gasteiger partial charge is 0.176 e. The lowest BCUT2D eigenvalue weighted by Crippen LogP contribution is -2.18. The summed E-state index contributed by atoms with van der Waals surface area (Å²) in [5.74, 6) is 1.72. The molecule has 0 unspecified atom stereocenters. The van der Waals surface area contributed by atoms with Gasteiger partial charge >= 0.3 is 0 Å². The second-order valence-electron chi connectivity index (χ2n) is 3.34. The largest absolute Gasteiger partial charge is 0.377 e. The van der Waals surface area contributed by atoms with Crippen molar-refractivity contribution in [2.45, 2.75) is 26.5 Å². The molecule has 1 atom stereocenters. The fraction of sp³-hybridized carbons (Fsp3) is 0.750. The van der Waals surface area contributed by atoms with Gasteiger partial charge in [0, 0.05) is 7.11 Å². The van der Waals surface area contributed by atoms with E-state index in [1.54, 1.807) is 7.11 Å². The normalized spacial score (nSPS) is 13.6. The quantitative estimate of drug-likeness (QED) is 0.718. The Morgan fingerprint density at radius 3 is 2.77 bits per heavy atom. The monoisotopic (exact) mass is 184 g/mol. The van der Waals surface area contributed by atoms with Crippen LogP contribution in [0.4, 0.5) is 0 Å². The zero-order valence-electron chi connectivity index (χ0n) is 8.24. The molecule has 1 aromatic heterocycles. The molecule has 13 heavy (non-hydrogen) atoms. The maximum atomic E-state index is 5.87. The van der Waals surface area contributed by atoms with Crippen LogP contribution in [0.3, 0.4) is 0 Å². The molecule has 0 spiro atoms. The van der Waals surface area contributed by atoms with Crippen molar-refractivity contribution >= 4 is 0 Å². The van der Waals surface area contributed by atoms with E-state index in [-0.39, 0.29) is 6.04 Å². The van der Waals surface area contributed by atoms with Crippen LogP contribution in [0.2, 0.25) is 0 Å². The molecule has 0 amide bonds. The number of nitrogens with one attached hydrogen (secondary N) is 1. The lowest BCUT2D eigenvalue weighted by atomic mass is 10.1. The Labute approximate surface area is 77.7 Å². The van der Waals surface area contributed by atoms with Crippen LogP contribution in [-0.4, -0.2) is 22.3 Å². The van der Waals surface area contributed by atoms with Crippen molar-refractivity contribution in [1.29, 1.82) is 0 Å². The van der Waals surface area contributed by atoms with Crippen LogP contribution >= 0.6 is 0 Å². The topological polar surface area (TPSA) is 76.8 Å². The highest BCUT2D eigenvalue weighted by molar-refractivity contribution is 4.95. The van der Waals surface area contributed by atoms with Crippen molar-refractivity contribution in [3.8, 4) is 0 Å². The molecule has 0 aliphatic carbocycles. The van der Waals surface area contributed by atoms with Crippen LogP contribution in [0.5, 0.6) is 0 Å². The number of aromatic amines is 1. The van der Waals surface area contributed by atoms with Gasteiger partial charge in [-0.2, -0.15) is 5.10 Å². The average molecular weight is 184 g/mol. The Hall–Kier alpha value is -0.940. The van der Waals surface area contributed by atoms with Gasteiger partial charge < -0.3 is 10.5 Å². The predicted molar refractivity (Wildman–Crippen MR) is 48.9 cm³/mol. The molecular formula is C8H16N4O.